The van der Waals surface area contributed by atoms with Gasteiger partial charge >= 0.3 is 0 Å². The summed E-state index contributed by atoms with van der Waals surface area (Å²) in [6, 6.07) is 5.99. The number of benzene rings is 1. The zero-order valence-corrected chi connectivity index (χ0v) is 13.5. The average molecular weight is 319 g/mol. The van der Waals surface area contributed by atoms with E-state index in [9.17, 15) is 0 Å². The number of nitrogens with one attached hydrogen (secondary N) is 1. The van der Waals surface area contributed by atoms with Gasteiger partial charge in [0.05, 0.1) is 23.9 Å². The first-order valence-electron chi connectivity index (χ1n) is 7.32. The van der Waals surface area contributed by atoms with Crippen LogP contribution in [-0.4, -0.2) is 36.3 Å². The third-order valence-corrected chi connectivity index (χ3v) is 3.97. The Balaban J connectivity index is 1.84. The fourth-order valence-corrected chi connectivity index (χ4v) is 2.95. The minimum atomic E-state index is 0.698. The molecule has 0 amide bonds. The molecule has 1 aromatic carbocycles. The minimum Gasteiger partial charge on any atom is -0.378 e. The smallest absolute Gasteiger partial charge is 0.135 e. The Kier molecular flexibility index (Phi) is 4.45. The first-order chi connectivity index (χ1) is 10.6. The summed E-state index contributed by atoms with van der Waals surface area (Å²) in [7, 11) is 0. The second kappa shape index (κ2) is 6.50. The molecule has 1 aliphatic rings. The maximum absolute atomic E-state index is 6.34. The van der Waals surface area contributed by atoms with Crippen molar-refractivity contribution >= 4 is 28.9 Å². The molecule has 0 bridgehead atoms. The van der Waals surface area contributed by atoms with Crippen molar-refractivity contribution in [2.75, 3.05) is 36.5 Å². The Labute approximate surface area is 135 Å². The number of rotatable bonds is 3. The van der Waals surface area contributed by atoms with E-state index in [0.29, 0.717) is 5.02 Å². The number of morpholine rings is 1. The van der Waals surface area contributed by atoms with Crippen LogP contribution >= 0.6 is 11.6 Å². The Morgan fingerprint density at radius 1 is 1.14 bits per heavy atom. The van der Waals surface area contributed by atoms with Gasteiger partial charge in [-0.05, 0) is 31.0 Å². The van der Waals surface area contributed by atoms with E-state index in [1.807, 2.05) is 26.0 Å². The number of halogens is 1. The summed E-state index contributed by atoms with van der Waals surface area (Å²) in [5.41, 5.74) is 3.13. The molecule has 0 aliphatic carbocycles. The molecule has 1 aromatic heterocycles. The highest BCUT2D eigenvalue weighted by atomic mass is 35.5. The lowest BCUT2D eigenvalue weighted by atomic mass is 10.1. The summed E-state index contributed by atoms with van der Waals surface area (Å²) in [5, 5.41) is 4.00. The van der Waals surface area contributed by atoms with Gasteiger partial charge < -0.3 is 15.0 Å². The van der Waals surface area contributed by atoms with Crippen molar-refractivity contribution in [1.82, 2.24) is 9.97 Å². The monoisotopic (exact) mass is 318 g/mol. The first-order valence-corrected chi connectivity index (χ1v) is 7.70. The second-order valence-electron chi connectivity index (χ2n) is 5.42. The Hall–Kier alpha value is -1.85. The molecular weight excluding hydrogens is 300 g/mol. The van der Waals surface area contributed by atoms with Gasteiger partial charge in [0.25, 0.3) is 0 Å². The zero-order valence-electron chi connectivity index (χ0n) is 12.8. The lowest BCUT2D eigenvalue weighted by Crippen LogP contribution is -2.36. The number of nitrogens with zero attached hydrogens (tertiary/aromatic N) is 3. The number of aryl methyl sites for hydroxylation is 2. The standard InChI is InChI=1S/C16H19ClN4O/c1-11-7-12(2)16(13(17)8-11)20-14-9-15(19-10-18-14)21-3-5-22-6-4-21/h7-10H,3-6H2,1-2H3,(H,18,19,20). The quantitative estimate of drug-likeness (QED) is 0.940. The van der Waals surface area contributed by atoms with Crippen LogP contribution in [-0.2, 0) is 4.74 Å². The molecule has 1 fully saturated rings. The van der Waals surface area contributed by atoms with Crippen molar-refractivity contribution in [1.29, 1.82) is 0 Å². The third kappa shape index (κ3) is 3.31. The lowest BCUT2D eigenvalue weighted by molar-refractivity contribution is 0.122. The fourth-order valence-electron chi connectivity index (χ4n) is 2.58. The van der Waals surface area contributed by atoms with Crippen LogP contribution in [0.4, 0.5) is 17.3 Å². The van der Waals surface area contributed by atoms with Crippen LogP contribution in [0.3, 0.4) is 0 Å². The molecule has 1 aliphatic heterocycles. The molecule has 5 nitrogen and oxygen atoms in total. The molecule has 1 N–H and O–H groups in total. The van der Waals surface area contributed by atoms with E-state index >= 15 is 0 Å². The summed E-state index contributed by atoms with van der Waals surface area (Å²) in [6.45, 7) is 7.22. The summed E-state index contributed by atoms with van der Waals surface area (Å²) in [4.78, 5) is 10.8. The van der Waals surface area contributed by atoms with E-state index in [-0.39, 0.29) is 0 Å². The molecule has 0 saturated carbocycles. The largest absolute Gasteiger partial charge is 0.378 e. The van der Waals surface area contributed by atoms with Crippen LogP contribution in [0.2, 0.25) is 5.02 Å². The Morgan fingerprint density at radius 3 is 2.64 bits per heavy atom. The summed E-state index contributed by atoms with van der Waals surface area (Å²) >= 11 is 6.34. The van der Waals surface area contributed by atoms with Crippen molar-refractivity contribution in [2.24, 2.45) is 0 Å². The number of hydrogen-bond acceptors (Lipinski definition) is 5. The Morgan fingerprint density at radius 2 is 1.91 bits per heavy atom. The third-order valence-electron chi connectivity index (χ3n) is 3.67. The molecule has 6 heteroatoms. The summed E-state index contributed by atoms with van der Waals surface area (Å²) < 4.78 is 5.37. The van der Waals surface area contributed by atoms with Gasteiger partial charge in [-0.2, -0.15) is 0 Å². The maximum atomic E-state index is 6.34. The SMILES string of the molecule is Cc1cc(C)c(Nc2cc(N3CCOCC3)ncn2)c(Cl)c1. The van der Waals surface area contributed by atoms with E-state index < -0.39 is 0 Å². The Bertz CT molecular complexity index is 648. The highest BCUT2D eigenvalue weighted by Gasteiger charge is 2.14. The van der Waals surface area contributed by atoms with Gasteiger partial charge in [-0.3, -0.25) is 0 Å². The van der Waals surface area contributed by atoms with Crippen molar-refractivity contribution < 1.29 is 4.74 Å². The molecule has 22 heavy (non-hydrogen) atoms. The van der Waals surface area contributed by atoms with Crippen LogP contribution in [0.5, 0.6) is 0 Å². The van der Waals surface area contributed by atoms with E-state index in [0.717, 1.165) is 54.8 Å². The van der Waals surface area contributed by atoms with Crippen LogP contribution in [0.1, 0.15) is 11.1 Å². The zero-order chi connectivity index (χ0) is 15.5. The molecule has 2 aromatic rings. The number of hydrogen-bond donors (Lipinski definition) is 1. The van der Waals surface area contributed by atoms with Gasteiger partial charge in [-0.1, -0.05) is 17.7 Å². The van der Waals surface area contributed by atoms with Gasteiger partial charge in [0.1, 0.15) is 18.0 Å². The first kappa shape index (κ1) is 15.1. The molecule has 0 radical (unpaired) electrons. The van der Waals surface area contributed by atoms with E-state index in [1.165, 1.54) is 0 Å². The average Bonchev–Trinajstić information content (AvgIpc) is 2.52. The van der Waals surface area contributed by atoms with E-state index in [1.54, 1.807) is 6.33 Å². The molecule has 1 saturated heterocycles. The fraction of sp³-hybridized carbons (Fsp3) is 0.375. The highest BCUT2D eigenvalue weighted by Crippen LogP contribution is 2.30. The number of aromatic nitrogens is 2. The van der Waals surface area contributed by atoms with Gasteiger partial charge in [-0.25, -0.2) is 9.97 Å². The molecule has 2 heterocycles. The number of anilines is 3. The van der Waals surface area contributed by atoms with E-state index in [4.69, 9.17) is 16.3 Å². The predicted molar refractivity (Wildman–Crippen MR) is 89.3 cm³/mol. The van der Waals surface area contributed by atoms with Crippen molar-refractivity contribution in [3.63, 3.8) is 0 Å². The van der Waals surface area contributed by atoms with Crippen LogP contribution in [0, 0.1) is 13.8 Å². The number of ether oxygens (including phenoxy) is 1. The second-order valence-corrected chi connectivity index (χ2v) is 5.83. The summed E-state index contributed by atoms with van der Waals surface area (Å²) in [5.74, 6) is 1.65. The summed E-state index contributed by atoms with van der Waals surface area (Å²) in [6.07, 6.45) is 1.57. The molecule has 116 valence electrons. The van der Waals surface area contributed by atoms with Crippen LogP contribution in [0.15, 0.2) is 24.5 Å². The van der Waals surface area contributed by atoms with Crippen LogP contribution < -0.4 is 10.2 Å². The van der Waals surface area contributed by atoms with Crippen molar-refractivity contribution in [2.45, 2.75) is 13.8 Å². The van der Waals surface area contributed by atoms with Crippen LogP contribution in [0.25, 0.3) is 0 Å². The van der Waals surface area contributed by atoms with Crippen molar-refractivity contribution in [3.05, 3.63) is 40.7 Å². The van der Waals surface area contributed by atoms with Crippen molar-refractivity contribution in [3.8, 4) is 0 Å². The van der Waals surface area contributed by atoms with Gasteiger partial charge in [0.15, 0.2) is 0 Å². The van der Waals surface area contributed by atoms with Gasteiger partial charge in [0.2, 0.25) is 0 Å². The molecule has 0 atom stereocenters. The maximum Gasteiger partial charge on any atom is 0.135 e. The molecule has 0 unspecified atom stereocenters. The molecule has 3 rings (SSSR count). The van der Waals surface area contributed by atoms with Gasteiger partial charge in [0, 0.05) is 19.2 Å². The minimum absolute atomic E-state index is 0.698. The normalized spacial score (nSPS) is 15.0. The predicted octanol–water partition coefficient (Wildman–Crippen LogP) is 3.33. The lowest BCUT2D eigenvalue weighted by Gasteiger charge is -2.27. The molecule has 0 spiro atoms. The van der Waals surface area contributed by atoms with E-state index in [2.05, 4.69) is 26.3 Å². The highest BCUT2D eigenvalue weighted by molar-refractivity contribution is 6.33. The molecular formula is C16H19ClN4O. The topological polar surface area (TPSA) is 50.3 Å². The van der Waals surface area contributed by atoms with Gasteiger partial charge in [-0.15, -0.1) is 0 Å².